The number of amides is 1. The van der Waals surface area contributed by atoms with E-state index in [-0.39, 0.29) is 12.3 Å². The number of rotatable bonds is 1. The molecule has 0 aromatic heterocycles. The summed E-state index contributed by atoms with van der Waals surface area (Å²) in [5.41, 5.74) is 0.307. The van der Waals surface area contributed by atoms with Crippen LogP contribution in [0.25, 0.3) is 10.8 Å². The lowest BCUT2D eigenvalue weighted by Gasteiger charge is -2.18. The third-order valence-electron chi connectivity index (χ3n) is 2.78. The molecule has 0 saturated heterocycles. The van der Waals surface area contributed by atoms with E-state index < -0.39 is 11.7 Å². The van der Waals surface area contributed by atoms with Crippen LogP contribution in [0.2, 0.25) is 0 Å². The van der Waals surface area contributed by atoms with Gasteiger partial charge in [0.15, 0.2) is 0 Å². The lowest BCUT2D eigenvalue weighted by atomic mass is 10.1. The summed E-state index contributed by atoms with van der Waals surface area (Å²) in [6, 6.07) is 10.9. The Morgan fingerprint density at radius 1 is 1.18 bits per heavy atom. The van der Waals surface area contributed by atoms with Gasteiger partial charge in [0.1, 0.15) is 11.4 Å². The largest absolute Gasteiger partial charge is 0.508 e. The molecule has 1 amide bonds. The number of carbonyl (C=O) groups is 1. The number of hydrogen-bond donors (Lipinski definition) is 2. The van der Waals surface area contributed by atoms with E-state index in [9.17, 15) is 9.90 Å². The van der Waals surface area contributed by atoms with Crippen molar-refractivity contribution in [3.8, 4) is 17.6 Å². The first-order chi connectivity index (χ1) is 10.3. The Labute approximate surface area is 130 Å². The minimum atomic E-state index is -0.516. The second-order valence-electron chi connectivity index (χ2n) is 5.90. The van der Waals surface area contributed by atoms with Crippen LogP contribution in [0.5, 0.6) is 5.75 Å². The molecule has 4 heteroatoms. The zero-order valence-electron chi connectivity index (χ0n) is 12.9. The summed E-state index contributed by atoms with van der Waals surface area (Å²) in [7, 11) is 0. The second-order valence-corrected chi connectivity index (χ2v) is 5.90. The molecule has 0 aliphatic heterocycles. The van der Waals surface area contributed by atoms with Gasteiger partial charge in [0.25, 0.3) is 0 Å². The van der Waals surface area contributed by atoms with Crippen molar-refractivity contribution in [3.05, 3.63) is 42.0 Å². The fraction of sp³-hybridized carbons (Fsp3) is 0.278. The van der Waals surface area contributed by atoms with Gasteiger partial charge in [0, 0.05) is 5.56 Å². The van der Waals surface area contributed by atoms with Crippen LogP contribution in [0.4, 0.5) is 4.79 Å². The Hall–Kier alpha value is -2.67. The normalized spacial score (nSPS) is 10.7. The van der Waals surface area contributed by atoms with E-state index in [1.165, 1.54) is 0 Å². The summed E-state index contributed by atoms with van der Waals surface area (Å²) in [6.45, 7) is 5.64. The molecular weight excluding hydrogens is 278 g/mol. The number of alkyl carbamates (subject to hydrolysis) is 1. The van der Waals surface area contributed by atoms with Crippen LogP contribution in [-0.2, 0) is 4.74 Å². The average molecular weight is 297 g/mol. The Morgan fingerprint density at radius 3 is 2.64 bits per heavy atom. The molecule has 0 unspecified atom stereocenters. The van der Waals surface area contributed by atoms with Crippen molar-refractivity contribution in [1.82, 2.24) is 5.32 Å². The molecule has 4 nitrogen and oxygen atoms in total. The van der Waals surface area contributed by atoms with E-state index in [1.807, 2.05) is 45.0 Å². The maximum absolute atomic E-state index is 11.5. The molecule has 2 rings (SSSR count). The standard InChI is InChI=1S/C18H19NO3/c1-18(2,3)22-17(21)19-10-4-5-13-6-7-14-8-9-16(20)12-15(14)11-13/h6-9,11-12,20H,10H2,1-3H3,(H,19,21). The van der Waals surface area contributed by atoms with Crippen molar-refractivity contribution >= 4 is 16.9 Å². The molecule has 0 spiro atoms. The first-order valence-corrected chi connectivity index (χ1v) is 7.02. The summed E-state index contributed by atoms with van der Waals surface area (Å²) < 4.78 is 5.12. The van der Waals surface area contributed by atoms with Gasteiger partial charge in [-0.1, -0.05) is 24.0 Å². The Bertz CT molecular complexity index is 748. The van der Waals surface area contributed by atoms with Crippen LogP contribution in [0.15, 0.2) is 36.4 Å². The summed E-state index contributed by atoms with van der Waals surface area (Å²) in [4.78, 5) is 11.5. The smallest absolute Gasteiger partial charge is 0.408 e. The molecule has 2 N–H and O–H groups in total. The molecule has 22 heavy (non-hydrogen) atoms. The molecule has 0 heterocycles. The maximum atomic E-state index is 11.5. The maximum Gasteiger partial charge on any atom is 0.408 e. The minimum Gasteiger partial charge on any atom is -0.508 e. The molecule has 0 atom stereocenters. The summed E-state index contributed by atoms with van der Waals surface area (Å²) >= 11 is 0. The van der Waals surface area contributed by atoms with Crippen molar-refractivity contribution in [2.45, 2.75) is 26.4 Å². The Kier molecular flexibility index (Phi) is 4.57. The number of phenolic OH excluding ortho intramolecular Hbond substituents is 1. The molecule has 0 aliphatic carbocycles. The van der Waals surface area contributed by atoms with Crippen molar-refractivity contribution in [3.63, 3.8) is 0 Å². The third kappa shape index (κ3) is 4.71. The quantitative estimate of drug-likeness (QED) is 0.793. The van der Waals surface area contributed by atoms with E-state index in [1.54, 1.807) is 12.1 Å². The van der Waals surface area contributed by atoms with Crippen molar-refractivity contribution < 1.29 is 14.6 Å². The van der Waals surface area contributed by atoms with Gasteiger partial charge in [-0.15, -0.1) is 0 Å². The fourth-order valence-corrected chi connectivity index (χ4v) is 1.89. The minimum absolute atomic E-state index is 0.215. The van der Waals surface area contributed by atoms with E-state index in [2.05, 4.69) is 17.2 Å². The lowest BCUT2D eigenvalue weighted by Crippen LogP contribution is -2.32. The topological polar surface area (TPSA) is 58.6 Å². The number of benzene rings is 2. The zero-order chi connectivity index (χ0) is 16.2. The van der Waals surface area contributed by atoms with E-state index in [4.69, 9.17) is 4.74 Å². The summed E-state index contributed by atoms with van der Waals surface area (Å²) in [6.07, 6.45) is -0.481. The number of carbonyl (C=O) groups excluding carboxylic acids is 1. The van der Waals surface area contributed by atoms with Gasteiger partial charge in [-0.3, -0.25) is 0 Å². The van der Waals surface area contributed by atoms with Crippen LogP contribution >= 0.6 is 0 Å². The highest BCUT2D eigenvalue weighted by Crippen LogP contribution is 2.20. The molecule has 0 fully saturated rings. The Balaban J connectivity index is 1.98. The van der Waals surface area contributed by atoms with Crippen LogP contribution in [0.1, 0.15) is 26.3 Å². The number of aromatic hydroxyl groups is 1. The van der Waals surface area contributed by atoms with Gasteiger partial charge in [0.2, 0.25) is 0 Å². The number of fused-ring (bicyclic) bond motifs is 1. The number of ether oxygens (including phenoxy) is 1. The molecule has 2 aromatic rings. The highest BCUT2D eigenvalue weighted by Gasteiger charge is 2.14. The SMILES string of the molecule is CC(C)(C)OC(=O)NCC#Cc1ccc2ccc(O)cc2c1. The van der Waals surface area contributed by atoms with Crippen molar-refractivity contribution in [2.75, 3.05) is 6.54 Å². The van der Waals surface area contributed by atoms with E-state index in [0.717, 1.165) is 16.3 Å². The molecular formula is C18H19NO3. The monoisotopic (exact) mass is 297 g/mol. The highest BCUT2D eigenvalue weighted by atomic mass is 16.6. The first kappa shape index (κ1) is 15.7. The highest BCUT2D eigenvalue weighted by molar-refractivity contribution is 5.85. The third-order valence-corrected chi connectivity index (χ3v) is 2.78. The van der Waals surface area contributed by atoms with Crippen LogP contribution < -0.4 is 5.32 Å². The van der Waals surface area contributed by atoms with Gasteiger partial charge in [-0.2, -0.15) is 0 Å². The number of phenols is 1. The average Bonchev–Trinajstić information content (AvgIpc) is 2.41. The molecule has 0 bridgehead atoms. The Morgan fingerprint density at radius 2 is 1.91 bits per heavy atom. The fourth-order valence-electron chi connectivity index (χ4n) is 1.89. The molecule has 0 saturated carbocycles. The second kappa shape index (κ2) is 6.40. The van der Waals surface area contributed by atoms with Crippen LogP contribution in [0.3, 0.4) is 0 Å². The predicted molar refractivity (Wildman–Crippen MR) is 86.7 cm³/mol. The first-order valence-electron chi connectivity index (χ1n) is 7.02. The lowest BCUT2D eigenvalue weighted by molar-refractivity contribution is 0.0535. The van der Waals surface area contributed by atoms with E-state index >= 15 is 0 Å². The summed E-state index contributed by atoms with van der Waals surface area (Å²) in [5.74, 6) is 6.07. The predicted octanol–water partition coefficient (Wildman–Crippen LogP) is 3.42. The van der Waals surface area contributed by atoms with Gasteiger partial charge >= 0.3 is 6.09 Å². The van der Waals surface area contributed by atoms with Crippen molar-refractivity contribution in [1.29, 1.82) is 0 Å². The van der Waals surface area contributed by atoms with Crippen LogP contribution in [0, 0.1) is 11.8 Å². The summed E-state index contributed by atoms with van der Waals surface area (Å²) in [5, 5.41) is 14.0. The van der Waals surface area contributed by atoms with Crippen LogP contribution in [-0.4, -0.2) is 23.3 Å². The van der Waals surface area contributed by atoms with E-state index in [0.29, 0.717) is 0 Å². The molecule has 2 aromatic carbocycles. The number of nitrogens with one attached hydrogen (secondary N) is 1. The van der Waals surface area contributed by atoms with Gasteiger partial charge < -0.3 is 15.2 Å². The molecule has 114 valence electrons. The zero-order valence-corrected chi connectivity index (χ0v) is 12.9. The number of hydrogen-bond acceptors (Lipinski definition) is 3. The van der Waals surface area contributed by atoms with Crippen molar-refractivity contribution in [2.24, 2.45) is 0 Å². The van der Waals surface area contributed by atoms with Gasteiger partial charge in [-0.25, -0.2) is 4.79 Å². The van der Waals surface area contributed by atoms with Gasteiger partial charge in [0.05, 0.1) is 6.54 Å². The molecule has 0 aliphatic rings. The van der Waals surface area contributed by atoms with Gasteiger partial charge in [-0.05, 0) is 55.8 Å². The molecule has 0 radical (unpaired) electrons.